The molecular weight excluding hydrogens is 140 g/mol. The highest BCUT2D eigenvalue weighted by Gasteiger charge is 1.98. The van der Waals surface area contributed by atoms with Crippen molar-refractivity contribution in [1.82, 2.24) is 0 Å². The zero-order chi connectivity index (χ0) is 8.10. The monoisotopic (exact) mass is 148 g/mol. The maximum absolute atomic E-state index is 10.6. The van der Waals surface area contributed by atoms with Crippen LogP contribution in [0, 0.1) is 0 Å². The molecule has 0 aromatic rings. The normalized spacial score (nSPS) is 15.5. The van der Waals surface area contributed by atoms with Crippen molar-refractivity contribution in [1.29, 1.82) is 0 Å². The summed E-state index contributed by atoms with van der Waals surface area (Å²) in [4.78, 5) is 14.4. The van der Waals surface area contributed by atoms with E-state index in [9.17, 15) is 4.79 Å². The molecule has 0 aliphatic carbocycles. The Labute approximate surface area is 64.6 Å². The van der Waals surface area contributed by atoms with Gasteiger partial charge in [-0.1, -0.05) is 18.2 Å². The summed E-state index contributed by atoms with van der Waals surface area (Å²) in [5.74, 6) is -0.513. The molecule has 1 aliphatic rings. The first-order valence-corrected chi connectivity index (χ1v) is 3.18. The van der Waals surface area contributed by atoms with Crippen LogP contribution in [0.3, 0.4) is 0 Å². The Hall–Kier alpha value is -1.64. The summed E-state index contributed by atoms with van der Waals surface area (Å²) >= 11 is 0. The lowest BCUT2D eigenvalue weighted by molar-refractivity contribution is -0.114. The summed E-state index contributed by atoms with van der Waals surface area (Å²) in [6.07, 6.45) is 10.2. The van der Waals surface area contributed by atoms with Gasteiger partial charge in [-0.15, -0.1) is 0 Å². The topological polar surface area (TPSA) is 55.5 Å². The number of nitrogens with zero attached hydrogens (tertiary/aromatic N) is 1. The van der Waals surface area contributed by atoms with Crippen LogP contribution < -0.4 is 5.73 Å². The summed E-state index contributed by atoms with van der Waals surface area (Å²) in [6.45, 7) is 0. The largest absolute Gasteiger partial charge is 0.364 e. The minimum Gasteiger partial charge on any atom is -0.364 e. The first-order valence-electron chi connectivity index (χ1n) is 3.18. The smallest absolute Gasteiger partial charge is 0.267 e. The lowest BCUT2D eigenvalue weighted by Gasteiger charge is -1.92. The molecule has 0 radical (unpaired) electrons. The van der Waals surface area contributed by atoms with Crippen LogP contribution in [0.2, 0.25) is 0 Å². The van der Waals surface area contributed by atoms with Gasteiger partial charge in [0.05, 0.1) is 0 Å². The number of nitrogens with two attached hydrogens (primary N) is 1. The van der Waals surface area contributed by atoms with Gasteiger partial charge in [0.2, 0.25) is 0 Å². The van der Waals surface area contributed by atoms with Crippen LogP contribution in [0.5, 0.6) is 0 Å². The van der Waals surface area contributed by atoms with Crippen molar-refractivity contribution in [2.45, 2.75) is 0 Å². The molecule has 3 nitrogen and oxygen atoms in total. The molecule has 0 saturated carbocycles. The SMILES string of the molecule is NC(=O)C1=CC=CC=CC=N1. The summed E-state index contributed by atoms with van der Waals surface area (Å²) < 4.78 is 0. The predicted molar refractivity (Wildman–Crippen MR) is 44.0 cm³/mol. The Morgan fingerprint density at radius 1 is 1.27 bits per heavy atom. The van der Waals surface area contributed by atoms with E-state index in [0.717, 1.165) is 0 Å². The van der Waals surface area contributed by atoms with Gasteiger partial charge < -0.3 is 5.73 Å². The third-order valence-corrected chi connectivity index (χ3v) is 1.14. The average Bonchev–Trinajstić information content (AvgIpc) is 1.84. The second-order valence-corrected chi connectivity index (χ2v) is 1.96. The first-order chi connectivity index (χ1) is 5.30. The number of primary amides is 1. The Balaban J connectivity index is 2.87. The van der Waals surface area contributed by atoms with Crippen LogP contribution >= 0.6 is 0 Å². The number of aliphatic imine (C=N–C) groups is 1. The van der Waals surface area contributed by atoms with E-state index in [2.05, 4.69) is 4.99 Å². The van der Waals surface area contributed by atoms with Gasteiger partial charge in [-0.3, -0.25) is 9.79 Å². The van der Waals surface area contributed by atoms with Crippen LogP contribution in [-0.2, 0) is 4.79 Å². The molecule has 0 saturated heterocycles. The van der Waals surface area contributed by atoms with Gasteiger partial charge in [0.25, 0.3) is 5.91 Å². The highest BCUT2D eigenvalue weighted by atomic mass is 16.1. The zero-order valence-electron chi connectivity index (χ0n) is 5.90. The van der Waals surface area contributed by atoms with Gasteiger partial charge in [-0.25, -0.2) is 0 Å². The van der Waals surface area contributed by atoms with Crippen molar-refractivity contribution in [2.75, 3.05) is 0 Å². The van der Waals surface area contributed by atoms with Crippen LogP contribution in [0.4, 0.5) is 0 Å². The fourth-order valence-electron chi connectivity index (χ4n) is 0.637. The second-order valence-electron chi connectivity index (χ2n) is 1.96. The minimum absolute atomic E-state index is 0.269. The lowest BCUT2D eigenvalue weighted by atomic mass is 10.3. The number of allylic oxidation sites excluding steroid dienone is 5. The molecule has 1 aliphatic heterocycles. The summed E-state index contributed by atoms with van der Waals surface area (Å²) in [5, 5.41) is 0. The van der Waals surface area contributed by atoms with E-state index in [1.165, 1.54) is 6.21 Å². The van der Waals surface area contributed by atoms with E-state index in [-0.39, 0.29) is 5.70 Å². The molecule has 0 atom stereocenters. The quantitative estimate of drug-likeness (QED) is 0.580. The van der Waals surface area contributed by atoms with Crippen LogP contribution in [0.25, 0.3) is 0 Å². The summed E-state index contributed by atoms with van der Waals surface area (Å²) in [5.41, 5.74) is 5.28. The Kier molecular flexibility index (Phi) is 2.38. The predicted octanol–water partition coefficient (Wildman–Crippen LogP) is 0.552. The van der Waals surface area contributed by atoms with Gasteiger partial charge in [0.15, 0.2) is 0 Å². The van der Waals surface area contributed by atoms with Gasteiger partial charge in [0.1, 0.15) is 5.70 Å². The van der Waals surface area contributed by atoms with E-state index >= 15 is 0 Å². The number of hydrogen-bond acceptors (Lipinski definition) is 2. The van der Waals surface area contributed by atoms with Crippen LogP contribution in [0.15, 0.2) is 41.1 Å². The Bertz CT molecular complexity index is 272. The maximum atomic E-state index is 10.6. The molecule has 0 fully saturated rings. The highest BCUT2D eigenvalue weighted by molar-refractivity contribution is 5.94. The van der Waals surface area contributed by atoms with Gasteiger partial charge in [0, 0.05) is 6.21 Å². The molecule has 0 bridgehead atoms. The average molecular weight is 148 g/mol. The standard InChI is InChI=1S/C8H8N2O/c9-8(11)7-5-3-1-2-4-6-10-7/h1-6H,(H2,9,11). The van der Waals surface area contributed by atoms with Crippen molar-refractivity contribution in [3.05, 3.63) is 36.1 Å². The number of hydrogen-bond donors (Lipinski definition) is 1. The van der Waals surface area contributed by atoms with Crippen molar-refractivity contribution >= 4 is 12.1 Å². The van der Waals surface area contributed by atoms with E-state index in [1.54, 1.807) is 24.3 Å². The third kappa shape index (κ3) is 2.21. The van der Waals surface area contributed by atoms with Gasteiger partial charge in [-0.2, -0.15) is 0 Å². The third-order valence-electron chi connectivity index (χ3n) is 1.14. The minimum atomic E-state index is -0.513. The molecule has 2 N–H and O–H groups in total. The van der Waals surface area contributed by atoms with E-state index in [0.29, 0.717) is 0 Å². The van der Waals surface area contributed by atoms with E-state index in [1.807, 2.05) is 6.08 Å². The van der Waals surface area contributed by atoms with Crippen molar-refractivity contribution in [2.24, 2.45) is 10.7 Å². The Morgan fingerprint density at radius 2 is 2.00 bits per heavy atom. The van der Waals surface area contributed by atoms with Crippen molar-refractivity contribution < 1.29 is 4.79 Å². The van der Waals surface area contributed by atoms with E-state index in [4.69, 9.17) is 5.73 Å². The number of carbonyl (C=O) groups is 1. The fourth-order valence-corrected chi connectivity index (χ4v) is 0.637. The Morgan fingerprint density at radius 3 is 2.73 bits per heavy atom. The number of carbonyl (C=O) groups excluding carboxylic acids is 1. The van der Waals surface area contributed by atoms with Crippen LogP contribution in [0.1, 0.15) is 0 Å². The van der Waals surface area contributed by atoms with Gasteiger partial charge in [-0.05, 0) is 12.2 Å². The number of rotatable bonds is 1. The highest BCUT2D eigenvalue weighted by Crippen LogP contribution is 1.97. The summed E-state index contributed by atoms with van der Waals surface area (Å²) in [6, 6.07) is 0. The second kappa shape index (κ2) is 3.51. The molecule has 0 aromatic carbocycles. The maximum Gasteiger partial charge on any atom is 0.267 e. The molecule has 56 valence electrons. The molecule has 1 amide bonds. The molecule has 0 spiro atoms. The fraction of sp³-hybridized carbons (Fsp3) is 0. The molecule has 1 rings (SSSR count). The molecule has 0 aromatic heterocycles. The van der Waals surface area contributed by atoms with E-state index < -0.39 is 5.91 Å². The first kappa shape index (κ1) is 7.47. The summed E-state index contributed by atoms with van der Waals surface area (Å²) in [7, 11) is 0. The molecule has 1 heterocycles. The van der Waals surface area contributed by atoms with Crippen molar-refractivity contribution in [3.8, 4) is 0 Å². The molecular formula is C8H8N2O. The molecule has 11 heavy (non-hydrogen) atoms. The molecule has 3 heteroatoms. The van der Waals surface area contributed by atoms with Crippen molar-refractivity contribution in [3.63, 3.8) is 0 Å². The molecule has 0 unspecified atom stereocenters. The van der Waals surface area contributed by atoms with Gasteiger partial charge >= 0.3 is 0 Å². The lowest BCUT2D eigenvalue weighted by Crippen LogP contribution is -2.12. The van der Waals surface area contributed by atoms with Crippen LogP contribution in [-0.4, -0.2) is 12.1 Å². The zero-order valence-corrected chi connectivity index (χ0v) is 5.90. The number of amides is 1.